The van der Waals surface area contributed by atoms with Gasteiger partial charge in [0.2, 0.25) is 0 Å². The summed E-state index contributed by atoms with van der Waals surface area (Å²) < 4.78 is 2.30. The molecule has 4 rings (SSSR count). The molecule has 4 aromatic rings. The standard InChI is InChI=1S/C19H14ClN5O2S/c1-11-5-6-14-15(7-11)28-17(16(14)20)19(27)23-13-4-2-3-12(8-13)18(26)24-25-9-21-22-10-25/h2-10H,1H3,(H,23,27)(H,24,26). The third-order valence-corrected chi connectivity index (χ3v) is 5.68. The Morgan fingerprint density at radius 1 is 1.07 bits per heavy atom. The van der Waals surface area contributed by atoms with Gasteiger partial charge in [0.25, 0.3) is 11.8 Å². The van der Waals surface area contributed by atoms with Crippen molar-refractivity contribution in [1.82, 2.24) is 14.9 Å². The van der Waals surface area contributed by atoms with E-state index in [4.69, 9.17) is 11.6 Å². The second-order valence-electron chi connectivity index (χ2n) is 6.09. The molecule has 0 atom stereocenters. The average Bonchev–Trinajstić information content (AvgIpc) is 3.29. The van der Waals surface area contributed by atoms with Crippen LogP contribution in [0.2, 0.25) is 5.02 Å². The molecule has 7 nitrogen and oxygen atoms in total. The SMILES string of the molecule is Cc1ccc2c(Cl)c(C(=O)Nc3cccc(C(=O)Nn4cnnc4)c3)sc2c1. The number of nitrogens with zero attached hydrogens (tertiary/aromatic N) is 3. The van der Waals surface area contributed by atoms with Crippen molar-refractivity contribution in [3.05, 3.63) is 76.1 Å². The van der Waals surface area contributed by atoms with Gasteiger partial charge in [0.05, 0.1) is 5.02 Å². The van der Waals surface area contributed by atoms with E-state index in [1.54, 1.807) is 24.3 Å². The summed E-state index contributed by atoms with van der Waals surface area (Å²) in [6.45, 7) is 1.99. The molecule has 0 saturated carbocycles. The quantitative estimate of drug-likeness (QED) is 0.529. The van der Waals surface area contributed by atoms with Crippen molar-refractivity contribution < 1.29 is 9.59 Å². The van der Waals surface area contributed by atoms with Crippen LogP contribution in [0.25, 0.3) is 10.1 Å². The maximum Gasteiger partial charge on any atom is 0.270 e. The molecule has 0 spiro atoms. The number of anilines is 1. The minimum Gasteiger partial charge on any atom is -0.321 e. The molecule has 2 aromatic heterocycles. The molecule has 0 fully saturated rings. The second-order valence-corrected chi connectivity index (χ2v) is 7.52. The van der Waals surface area contributed by atoms with Gasteiger partial charge in [-0.05, 0) is 36.8 Å². The maximum atomic E-state index is 12.7. The Labute approximate surface area is 168 Å². The first-order valence-electron chi connectivity index (χ1n) is 8.27. The fraction of sp³-hybridized carbons (Fsp3) is 0.0526. The smallest absolute Gasteiger partial charge is 0.270 e. The van der Waals surface area contributed by atoms with Crippen molar-refractivity contribution in [3.8, 4) is 0 Å². The number of aryl methyl sites for hydroxylation is 1. The summed E-state index contributed by atoms with van der Waals surface area (Å²) in [5.41, 5.74) is 4.58. The lowest BCUT2D eigenvalue weighted by molar-refractivity contribution is 0.100. The molecule has 140 valence electrons. The van der Waals surface area contributed by atoms with E-state index >= 15 is 0 Å². The van der Waals surface area contributed by atoms with Crippen LogP contribution >= 0.6 is 22.9 Å². The van der Waals surface area contributed by atoms with E-state index in [1.165, 1.54) is 28.7 Å². The third kappa shape index (κ3) is 3.60. The van der Waals surface area contributed by atoms with Crippen molar-refractivity contribution in [3.63, 3.8) is 0 Å². The van der Waals surface area contributed by atoms with E-state index in [0.29, 0.717) is 21.2 Å². The number of carbonyl (C=O) groups is 2. The second kappa shape index (κ2) is 7.41. The minimum absolute atomic E-state index is 0.319. The largest absolute Gasteiger partial charge is 0.321 e. The van der Waals surface area contributed by atoms with Gasteiger partial charge in [-0.3, -0.25) is 15.0 Å². The van der Waals surface area contributed by atoms with Gasteiger partial charge in [-0.1, -0.05) is 29.8 Å². The van der Waals surface area contributed by atoms with Gasteiger partial charge in [-0.2, -0.15) is 0 Å². The number of thiophene rings is 1. The fourth-order valence-electron chi connectivity index (χ4n) is 2.68. The van der Waals surface area contributed by atoms with E-state index in [-0.39, 0.29) is 11.8 Å². The number of rotatable bonds is 4. The molecule has 0 bridgehead atoms. The lowest BCUT2D eigenvalue weighted by Crippen LogP contribution is -2.21. The molecule has 2 aromatic carbocycles. The van der Waals surface area contributed by atoms with Gasteiger partial charge >= 0.3 is 0 Å². The molecule has 0 aliphatic carbocycles. The van der Waals surface area contributed by atoms with E-state index in [0.717, 1.165) is 15.6 Å². The number of nitrogens with one attached hydrogen (secondary N) is 2. The summed E-state index contributed by atoms with van der Waals surface area (Å²) in [7, 11) is 0. The van der Waals surface area contributed by atoms with Crippen LogP contribution in [0.1, 0.15) is 25.6 Å². The van der Waals surface area contributed by atoms with Crippen molar-refractivity contribution in [2.24, 2.45) is 0 Å². The third-order valence-electron chi connectivity index (χ3n) is 4.02. The van der Waals surface area contributed by atoms with Crippen LogP contribution in [0.4, 0.5) is 5.69 Å². The minimum atomic E-state index is -0.355. The highest BCUT2D eigenvalue weighted by molar-refractivity contribution is 7.21. The number of hydrogen-bond donors (Lipinski definition) is 2. The van der Waals surface area contributed by atoms with Crippen molar-refractivity contribution in [2.75, 3.05) is 10.7 Å². The molecular weight excluding hydrogens is 398 g/mol. The molecular formula is C19H14ClN5O2S. The monoisotopic (exact) mass is 411 g/mol. The zero-order valence-electron chi connectivity index (χ0n) is 14.6. The maximum absolute atomic E-state index is 12.7. The zero-order chi connectivity index (χ0) is 19.7. The van der Waals surface area contributed by atoms with Gasteiger partial charge in [0.1, 0.15) is 17.5 Å². The number of carbonyl (C=O) groups excluding carboxylic acids is 2. The van der Waals surface area contributed by atoms with Gasteiger partial charge in [0.15, 0.2) is 0 Å². The highest BCUT2D eigenvalue weighted by Gasteiger charge is 2.18. The molecule has 0 radical (unpaired) electrons. The first kappa shape index (κ1) is 18.1. The Hall–Kier alpha value is -3.23. The molecule has 9 heteroatoms. The fourth-order valence-corrected chi connectivity index (χ4v) is 4.20. The number of fused-ring (bicyclic) bond motifs is 1. The summed E-state index contributed by atoms with van der Waals surface area (Å²) >= 11 is 7.74. The first-order chi connectivity index (χ1) is 13.5. The summed E-state index contributed by atoms with van der Waals surface area (Å²) in [6, 6.07) is 12.5. The lowest BCUT2D eigenvalue weighted by Gasteiger charge is -2.08. The van der Waals surface area contributed by atoms with Crippen molar-refractivity contribution >= 4 is 50.5 Å². The Kier molecular flexibility index (Phi) is 4.81. The predicted molar refractivity (Wildman–Crippen MR) is 110 cm³/mol. The topological polar surface area (TPSA) is 88.9 Å². The number of halogens is 1. The highest BCUT2D eigenvalue weighted by Crippen LogP contribution is 2.36. The molecule has 0 saturated heterocycles. The highest BCUT2D eigenvalue weighted by atomic mass is 35.5. The number of amides is 2. The van der Waals surface area contributed by atoms with Crippen LogP contribution in [0.15, 0.2) is 55.1 Å². The van der Waals surface area contributed by atoms with Crippen LogP contribution in [-0.2, 0) is 0 Å². The molecule has 2 amide bonds. The molecule has 0 aliphatic heterocycles. The van der Waals surface area contributed by atoms with Crippen LogP contribution in [-0.4, -0.2) is 26.7 Å². The van der Waals surface area contributed by atoms with Crippen LogP contribution in [0.5, 0.6) is 0 Å². The number of hydrogen-bond acceptors (Lipinski definition) is 5. The number of benzene rings is 2. The van der Waals surface area contributed by atoms with E-state index in [2.05, 4.69) is 20.9 Å². The van der Waals surface area contributed by atoms with Crippen LogP contribution < -0.4 is 10.7 Å². The van der Waals surface area contributed by atoms with Gasteiger partial charge in [-0.15, -0.1) is 21.5 Å². The molecule has 0 unspecified atom stereocenters. The van der Waals surface area contributed by atoms with Crippen molar-refractivity contribution in [2.45, 2.75) is 6.92 Å². The lowest BCUT2D eigenvalue weighted by atomic mass is 10.2. The summed E-state index contributed by atoms with van der Waals surface area (Å²) in [4.78, 5) is 25.5. The van der Waals surface area contributed by atoms with Crippen molar-refractivity contribution in [1.29, 1.82) is 0 Å². The normalized spacial score (nSPS) is 10.8. The molecule has 2 N–H and O–H groups in total. The summed E-state index contributed by atoms with van der Waals surface area (Å²) in [5, 5.41) is 11.3. The first-order valence-corrected chi connectivity index (χ1v) is 9.47. The van der Waals surface area contributed by atoms with Gasteiger partial charge in [0, 0.05) is 21.3 Å². The number of aromatic nitrogens is 3. The van der Waals surface area contributed by atoms with Gasteiger partial charge in [-0.25, -0.2) is 4.68 Å². The Bertz CT molecular complexity index is 1190. The summed E-state index contributed by atoms with van der Waals surface area (Å²) in [6.07, 6.45) is 2.74. The zero-order valence-corrected chi connectivity index (χ0v) is 16.2. The van der Waals surface area contributed by atoms with E-state index in [1.807, 2.05) is 25.1 Å². The Morgan fingerprint density at radius 3 is 2.64 bits per heavy atom. The summed E-state index contributed by atoms with van der Waals surface area (Å²) in [5.74, 6) is -0.675. The van der Waals surface area contributed by atoms with Crippen LogP contribution in [0, 0.1) is 6.92 Å². The van der Waals surface area contributed by atoms with Crippen LogP contribution in [0.3, 0.4) is 0 Å². The van der Waals surface area contributed by atoms with E-state index < -0.39 is 0 Å². The Morgan fingerprint density at radius 2 is 1.86 bits per heavy atom. The predicted octanol–water partition coefficient (Wildman–Crippen LogP) is 4.09. The van der Waals surface area contributed by atoms with E-state index in [9.17, 15) is 9.59 Å². The Balaban J connectivity index is 1.55. The average molecular weight is 412 g/mol. The van der Waals surface area contributed by atoms with Gasteiger partial charge < -0.3 is 5.32 Å². The molecule has 28 heavy (non-hydrogen) atoms. The molecule has 0 aliphatic rings. The molecule has 2 heterocycles.